The lowest BCUT2D eigenvalue weighted by molar-refractivity contribution is -0.115. The number of anilines is 1. The van der Waals surface area contributed by atoms with E-state index >= 15 is 0 Å². The van der Waals surface area contributed by atoms with E-state index in [9.17, 15) is 14.7 Å². The first-order chi connectivity index (χ1) is 12.5. The van der Waals surface area contributed by atoms with Gasteiger partial charge in [0.15, 0.2) is 0 Å². The molecule has 138 valence electrons. The predicted molar refractivity (Wildman–Crippen MR) is 99.1 cm³/mol. The summed E-state index contributed by atoms with van der Waals surface area (Å²) in [6.45, 7) is 2.62. The number of aromatic carboxylic acids is 1. The Morgan fingerprint density at radius 3 is 2.62 bits per heavy atom. The van der Waals surface area contributed by atoms with Crippen LogP contribution >= 0.6 is 0 Å². The third-order valence-corrected chi connectivity index (χ3v) is 3.82. The predicted octanol–water partition coefficient (Wildman–Crippen LogP) is 3.75. The molecule has 0 aromatic heterocycles. The van der Waals surface area contributed by atoms with E-state index in [-0.39, 0.29) is 17.9 Å². The van der Waals surface area contributed by atoms with Crippen molar-refractivity contribution >= 4 is 17.6 Å². The normalized spacial score (nSPS) is 10.2. The molecule has 2 aromatic carbocycles. The van der Waals surface area contributed by atoms with Crippen LogP contribution in [0.5, 0.6) is 11.5 Å². The van der Waals surface area contributed by atoms with Crippen molar-refractivity contribution < 1.29 is 24.2 Å². The number of amides is 1. The van der Waals surface area contributed by atoms with Gasteiger partial charge >= 0.3 is 5.97 Å². The molecule has 0 heterocycles. The van der Waals surface area contributed by atoms with Gasteiger partial charge in [0.25, 0.3) is 0 Å². The van der Waals surface area contributed by atoms with E-state index in [4.69, 9.17) is 9.47 Å². The Labute approximate surface area is 152 Å². The summed E-state index contributed by atoms with van der Waals surface area (Å²) in [5, 5.41) is 12.0. The topological polar surface area (TPSA) is 84.9 Å². The van der Waals surface area contributed by atoms with Crippen LogP contribution in [0.1, 0.15) is 35.7 Å². The molecule has 2 rings (SSSR count). The lowest BCUT2D eigenvalue weighted by Crippen LogP contribution is -2.17. The zero-order valence-corrected chi connectivity index (χ0v) is 15.0. The summed E-state index contributed by atoms with van der Waals surface area (Å²) in [6.07, 6.45) is 1.86. The molecule has 6 heteroatoms. The summed E-state index contributed by atoms with van der Waals surface area (Å²) in [4.78, 5) is 23.7. The van der Waals surface area contributed by atoms with Crippen LogP contribution < -0.4 is 14.8 Å². The molecule has 0 fully saturated rings. The lowest BCUT2D eigenvalue weighted by atomic mass is 10.0. The molecule has 0 atom stereocenters. The van der Waals surface area contributed by atoms with E-state index in [0.717, 1.165) is 12.8 Å². The van der Waals surface area contributed by atoms with Crippen molar-refractivity contribution in [2.24, 2.45) is 0 Å². The average molecular weight is 357 g/mol. The third kappa shape index (κ3) is 5.24. The number of carboxylic acids is 1. The number of benzene rings is 2. The van der Waals surface area contributed by atoms with Crippen molar-refractivity contribution in [1.29, 1.82) is 0 Å². The van der Waals surface area contributed by atoms with Crippen molar-refractivity contribution in [1.82, 2.24) is 0 Å². The first-order valence-corrected chi connectivity index (χ1v) is 8.47. The van der Waals surface area contributed by atoms with Gasteiger partial charge in [-0.25, -0.2) is 4.79 Å². The zero-order chi connectivity index (χ0) is 18.9. The number of rotatable bonds is 9. The fourth-order valence-corrected chi connectivity index (χ4v) is 2.44. The van der Waals surface area contributed by atoms with Gasteiger partial charge in [0, 0.05) is 6.07 Å². The van der Waals surface area contributed by atoms with Crippen molar-refractivity contribution in [3.63, 3.8) is 0 Å². The van der Waals surface area contributed by atoms with Crippen molar-refractivity contribution in [2.75, 3.05) is 19.0 Å². The Bertz CT molecular complexity index is 773. The molecule has 0 saturated carbocycles. The maximum Gasteiger partial charge on any atom is 0.335 e. The van der Waals surface area contributed by atoms with Crippen LogP contribution in [-0.2, 0) is 11.2 Å². The molecule has 0 bridgehead atoms. The molecule has 0 aliphatic carbocycles. The molecule has 1 amide bonds. The highest BCUT2D eigenvalue weighted by atomic mass is 16.5. The molecule has 0 radical (unpaired) electrons. The number of hydrogen-bond acceptors (Lipinski definition) is 4. The summed E-state index contributed by atoms with van der Waals surface area (Å²) in [5.74, 6) is -0.237. The molecule has 2 N–H and O–H groups in total. The fourth-order valence-electron chi connectivity index (χ4n) is 2.44. The Kier molecular flexibility index (Phi) is 7.02. The molecule has 0 unspecified atom stereocenters. The van der Waals surface area contributed by atoms with E-state index in [1.54, 1.807) is 43.5 Å². The van der Waals surface area contributed by atoms with E-state index in [2.05, 4.69) is 12.2 Å². The summed E-state index contributed by atoms with van der Waals surface area (Å²) >= 11 is 0. The molecule has 6 nitrogen and oxygen atoms in total. The van der Waals surface area contributed by atoms with Crippen LogP contribution in [0.25, 0.3) is 0 Å². The van der Waals surface area contributed by atoms with Gasteiger partial charge in [-0.2, -0.15) is 0 Å². The van der Waals surface area contributed by atoms with Crippen LogP contribution in [-0.4, -0.2) is 30.7 Å². The zero-order valence-electron chi connectivity index (χ0n) is 15.0. The van der Waals surface area contributed by atoms with Crippen molar-refractivity contribution in [2.45, 2.75) is 26.2 Å². The van der Waals surface area contributed by atoms with Crippen LogP contribution in [0.3, 0.4) is 0 Å². The van der Waals surface area contributed by atoms with Gasteiger partial charge in [-0.15, -0.1) is 0 Å². The van der Waals surface area contributed by atoms with E-state index in [1.165, 1.54) is 6.07 Å². The second kappa shape index (κ2) is 9.46. The van der Waals surface area contributed by atoms with Gasteiger partial charge < -0.3 is 19.9 Å². The lowest BCUT2D eigenvalue weighted by Gasteiger charge is -2.14. The minimum absolute atomic E-state index is 0.0475. The molecule has 0 saturated heterocycles. The SMILES string of the molecule is CCCCOc1ccc(OC)cc1NC(=O)Cc1ccccc1C(=O)O. The largest absolute Gasteiger partial charge is 0.497 e. The summed E-state index contributed by atoms with van der Waals surface area (Å²) in [5.41, 5.74) is 1.07. The third-order valence-electron chi connectivity index (χ3n) is 3.82. The Hall–Kier alpha value is -3.02. The van der Waals surface area contributed by atoms with Gasteiger partial charge in [0.2, 0.25) is 5.91 Å². The maximum absolute atomic E-state index is 12.4. The molecular formula is C20H23NO5. The van der Waals surface area contributed by atoms with E-state index < -0.39 is 5.97 Å². The number of carboxylic acid groups (broad SMARTS) is 1. The Balaban J connectivity index is 2.16. The number of carbonyl (C=O) groups excluding carboxylic acids is 1. The molecule has 0 aliphatic rings. The molecule has 0 spiro atoms. The minimum Gasteiger partial charge on any atom is -0.497 e. The fraction of sp³-hybridized carbons (Fsp3) is 0.300. The standard InChI is InChI=1S/C20H23NO5/c1-3-4-11-26-18-10-9-15(25-2)13-17(18)21-19(22)12-14-7-5-6-8-16(14)20(23)24/h5-10,13H,3-4,11-12H2,1-2H3,(H,21,22)(H,23,24). The smallest absolute Gasteiger partial charge is 0.335 e. The van der Waals surface area contributed by atoms with Crippen LogP contribution in [0.4, 0.5) is 5.69 Å². The van der Waals surface area contributed by atoms with Crippen LogP contribution in [0.2, 0.25) is 0 Å². The van der Waals surface area contributed by atoms with Gasteiger partial charge in [-0.1, -0.05) is 31.5 Å². The molecule has 2 aromatic rings. The summed E-state index contributed by atoms with van der Waals surface area (Å²) in [6, 6.07) is 11.6. The quantitative estimate of drug-likeness (QED) is 0.668. The summed E-state index contributed by atoms with van der Waals surface area (Å²) in [7, 11) is 1.54. The molecular weight excluding hydrogens is 334 g/mol. The summed E-state index contributed by atoms with van der Waals surface area (Å²) < 4.78 is 10.9. The highest BCUT2D eigenvalue weighted by molar-refractivity contribution is 5.97. The van der Waals surface area contributed by atoms with E-state index in [0.29, 0.717) is 29.4 Å². The highest BCUT2D eigenvalue weighted by Gasteiger charge is 2.14. The van der Waals surface area contributed by atoms with Crippen LogP contribution in [0.15, 0.2) is 42.5 Å². The van der Waals surface area contributed by atoms with Gasteiger partial charge in [-0.3, -0.25) is 4.79 Å². The van der Waals surface area contributed by atoms with Crippen molar-refractivity contribution in [3.05, 3.63) is 53.6 Å². The number of hydrogen-bond donors (Lipinski definition) is 2. The van der Waals surface area contributed by atoms with Crippen molar-refractivity contribution in [3.8, 4) is 11.5 Å². The highest BCUT2D eigenvalue weighted by Crippen LogP contribution is 2.29. The maximum atomic E-state index is 12.4. The first kappa shape index (κ1) is 19.3. The average Bonchev–Trinajstić information content (AvgIpc) is 2.63. The van der Waals surface area contributed by atoms with Gasteiger partial charge in [0.1, 0.15) is 11.5 Å². The van der Waals surface area contributed by atoms with E-state index in [1.807, 2.05) is 0 Å². The number of methoxy groups -OCH3 is 1. The molecule has 0 aliphatic heterocycles. The van der Waals surface area contributed by atoms with Gasteiger partial charge in [0.05, 0.1) is 31.4 Å². The first-order valence-electron chi connectivity index (χ1n) is 8.47. The monoisotopic (exact) mass is 357 g/mol. The second-order valence-corrected chi connectivity index (χ2v) is 5.75. The Morgan fingerprint density at radius 1 is 1.15 bits per heavy atom. The number of ether oxygens (including phenoxy) is 2. The number of carbonyl (C=O) groups is 2. The second-order valence-electron chi connectivity index (χ2n) is 5.75. The van der Waals surface area contributed by atoms with Crippen LogP contribution in [0, 0.1) is 0 Å². The Morgan fingerprint density at radius 2 is 1.92 bits per heavy atom. The number of unbranched alkanes of at least 4 members (excludes halogenated alkanes) is 1. The minimum atomic E-state index is -1.06. The molecule has 26 heavy (non-hydrogen) atoms. The number of nitrogens with one attached hydrogen (secondary N) is 1. The van der Waals surface area contributed by atoms with Gasteiger partial charge in [-0.05, 0) is 30.2 Å².